The lowest BCUT2D eigenvalue weighted by molar-refractivity contribution is 0.0180. The van der Waals surface area contributed by atoms with Gasteiger partial charge in [-0.2, -0.15) is 5.10 Å². The van der Waals surface area contributed by atoms with Crippen LogP contribution in [0.25, 0.3) is 22.5 Å². The Bertz CT molecular complexity index is 863. The highest BCUT2D eigenvalue weighted by atomic mass is 16.6. The van der Waals surface area contributed by atoms with Gasteiger partial charge in [0, 0.05) is 25.4 Å². The maximum absolute atomic E-state index is 5.72. The first-order chi connectivity index (χ1) is 14.8. The molecule has 0 saturated carbocycles. The number of anilines is 1. The average molecular weight is 412 g/mol. The Hall–Kier alpha value is -2.87. The highest BCUT2D eigenvalue weighted by Gasteiger charge is 2.06. The molecule has 3 rings (SSSR count). The van der Waals surface area contributed by atoms with Crippen molar-refractivity contribution in [2.45, 2.75) is 0 Å². The number of benzene rings is 2. The van der Waals surface area contributed by atoms with Gasteiger partial charge in [-0.1, -0.05) is 12.1 Å². The van der Waals surface area contributed by atoms with E-state index in [2.05, 4.69) is 27.6 Å². The molecule has 0 unspecified atom stereocenters. The van der Waals surface area contributed by atoms with Crippen LogP contribution < -0.4 is 10.1 Å². The molecule has 0 bridgehead atoms. The van der Waals surface area contributed by atoms with Gasteiger partial charge in [-0.15, -0.1) is 0 Å². The number of rotatable bonds is 13. The largest absolute Gasteiger partial charge is 0.491 e. The molecule has 0 aliphatic rings. The SMILES string of the molecule is CNc1ccc(-c2cc(-c3ccc(OCCOCCOCCOC)cc3)[nH]n2)cc1. The topological polar surface area (TPSA) is 77.6 Å². The maximum Gasteiger partial charge on any atom is 0.119 e. The molecule has 0 radical (unpaired) electrons. The Morgan fingerprint density at radius 3 is 2.10 bits per heavy atom. The van der Waals surface area contributed by atoms with Crippen LogP contribution in [0.2, 0.25) is 0 Å². The summed E-state index contributed by atoms with van der Waals surface area (Å²) in [5.41, 5.74) is 5.08. The molecule has 3 aromatic rings. The number of aromatic amines is 1. The zero-order valence-corrected chi connectivity index (χ0v) is 17.5. The molecule has 7 heteroatoms. The van der Waals surface area contributed by atoms with E-state index in [4.69, 9.17) is 18.9 Å². The molecule has 0 aliphatic heterocycles. The van der Waals surface area contributed by atoms with Crippen molar-refractivity contribution in [3.8, 4) is 28.3 Å². The second-order valence-corrected chi connectivity index (χ2v) is 6.58. The predicted octanol–water partition coefficient (Wildman–Crippen LogP) is 3.84. The van der Waals surface area contributed by atoms with E-state index in [1.807, 2.05) is 49.5 Å². The van der Waals surface area contributed by atoms with Gasteiger partial charge in [-0.3, -0.25) is 5.10 Å². The van der Waals surface area contributed by atoms with Crippen molar-refractivity contribution in [1.29, 1.82) is 0 Å². The fourth-order valence-corrected chi connectivity index (χ4v) is 2.84. The smallest absolute Gasteiger partial charge is 0.119 e. The number of methoxy groups -OCH3 is 1. The van der Waals surface area contributed by atoms with E-state index in [1.54, 1.807) is 7.11 Å². The van der Waals surface area contributed by atoms with E-state index < -0.39 is 0 Å². The molecule has 160 valence electrons. The summed E-state index contributed by atoms with van der Waals surface area (Å²) < 4.78 is 21.4. The highest BCUT2D eigenvalue weighted by molar-refractivity contribution is 5.69. The van der Waals surface area contributed by atoms with Crippen molar-refractivity contribution in [2.75, 3.05) is 59.1 Å². The summed E-state index contributed by atoms with van der Waals surface area (Å²) >= 11 is 0. The van der Waals surface area contributed by atoms with Crippen LogP contribution in [0.15, 0.2) is 54.6 Å². The minimum atomic E-state index is 0.494. The predicted molar refractivity (Wildman–Crippen MR) is 118 cm³/mol. The molecule has 7 nitrogen and oxygen atoms in total. The molecule has 1 aromatic heterocycles. The highest BCUT2D eigenvalue weighted by Crippen LogP contribution is 2.26. The number of H-pyrrole nitrogens is 1. The normalized spacial score (nSPS) is 10.9. The second-order valence-electron chi connectivity index (χ2n) is 6.58. The quantitative estimate of drug-likeness (QED) is 0.416. The van der Waals surface area contributed by atoms with E-state index in [-0.39, 0.29) is 0 Å². The molecule has 0 aliphatic carbocycles. The molecule has 0 fully saturated rings. The Balaban J connectivity index is 1.43. The number of nitrogens with one attached hydrogen (secondary N) is 2. The van der Waals surface area contributed by atoms with Crippen LogP contribution in [0, 0.1) is 0 Å². The summed E-state index contributed by atoms with van der Waals surface area (Å²) in [6.45, 7) is 3.31. The van der Waals surface area contributed by atoms with Crippen LogP contribution in [-0.4, -0.2) is 64.0 Å². The van der Waals surface area contributed by atoms with Crippen molar-refractivity contribution in [2.24, 2.45) is 0 Å². The van der Waals surface area contributed by atoms with Gasteiger partial charge in [0.15, 0.2) is 0 Å². The van der Waals surface area contributed by atoms with Gasteiger partial charge >= 0.3 is 0 Å². The molecule has 0 amide bonds. The molecule has 2 aromatic carbocycles. The van der Waals surface area contributed by atoms with Crippen molar-refractivity contribution >= 4 is 5.69 Å². The summed E-state index contributed by atoms with van der Waals surface area (Å²) in [7, 11) is 3.56. The molecule has 1 heterocycles. The van der Waals surface area contributed by atoms with E-state index in [0.717, 1.165) is 34.0 Å². The van der Waals surface area contributed by atoms with Crippen molar-refractivity contribution in [3.63, 3.8) is 0 Å². The van der Waals surface area contributed by atoms with E-state index in [1.165, 1.54) is 0 Å². The zero-order chi connectivity index (χ0) is 21.0. The summed E-state index contributed by atoms with van der Waals surface area (Å²) in [5.74, 6) is 0.807. The number of nitrogens with zero attached hydrogens (tertiary/aromatic N) is 1. The van der Waals surface area contributed by atoms with E-state index in [0.29, 0.717) is 39.6 Å². The lowest BCUT2D eigenvalue weighted by atomic mass is 10.1. The summed E-state index contributed by atoms with van der Waals surface area (Å²) in [4.78, 5) is 0. The number of ether oxygens (including phenoxy) is 4. The summed E-state index contributed by atoms with van der Waals surface area (Å²) in [5, 5.41) is 10.7. The van der Waals surface area contributed by atoms with Crippen LogP contribution in [0.3, 0.4) is 0 Å². The first kappa shape index (κ1) is 21.8. The standard InChI is InChI=1S/C23H29N3O4/c1-24-20-7-3-18(4-8-20)22-17-23(26-25-22)19-5-9-21(10-6-19)30-16-15-29-14-13-28-12-11-27-2/h3-10,17,24H,11-16H2,1-2H3,(H,25,26). The fraction of sp³-hybridized carbons (Fsp3) is 0.348. The third-order valence-corrected chi connectivity index (χ3v) is 4.51. The molecule has 0 saturated heterocycles. The molecule has 0 atom stereocenters. The lowest BCUT2D eigenvalue weighted by Crippen LogP contribution is -2.12. The minimum Gasteiger partial charge on any atom is -0.491 e. The van der Waals surface area contributed by atoms with Crippen molar-refractivity contribution < 1.29 is 18.9 Å². The van der Waals surface area contributed by atoms with Crippen LogP contribution in [0.5, 0.6) is 5.75 Å². The van der Waals surface area contributed by atoms with Crippen LogP contribution >= 0.6 is 0 Å². The molecule has 2 N–H and O–H groups in total. The summed E-state index contributed by atoms with van der Waals surface area (Å²) in [6, 6.07) is 18.2. The molecular weight excluding hydrogens is 382 g/mol. The first-order valence-corrected chi connectivity index (χ1v) is 10.0. The number of hydrogen-bond donors (Lipinski definition) is 2. The van der Waals surface area contributed by atoms with Crippen LogP contribution in [-0.2, 0) is 14.2 Å². The van der Waals surface area contributed by atoms with Gasteiger partial charge in [-0.05, 0) is 48.0 Å². The van der Waals surface area contributed by atoms with Crippen molar-refractivity contribution in [3.05, 3.63) is 54.6 Å². The zero-order valence-electron chi connectivity index (χ0n) is 17.5. The fourth-order valence-electron chi connectivity index (χ4n) is 2.84. The van der Waals surface area contributed by atoms with Crippen LogP contribution in [0.1, 0.15) is 0 Å². The van der Waals surface area contributed by atoms with E-state index >= 15 is 0 Å². The average Bonchev–Trinajstić information content (AvgIpc) is 3.29. The van der Waals surface area contributed by atoms with Gasteiger partial charge in [-0.25, -0.2) is 0 Å². The minimum absolute atomic E-state index is 0.494. The van der Waals surface area contributed by atoms with Gasteiger partial charge in [0.2, 0.25) is 0 Å². The van der Waals surface area contributed by atoms with Gasteiger partial charge < -0.3 is 24.3 Å². The van der Waals surface area contributed by atoms with Gasteiger partial charge in [0.1, 0.15) is 12.4 Å². The Kier molecular flexibility index (Phi) is 8.71. The number of aromatic nitrogens is 2. The molecular formula is C23H29N3O4. The Morgan fingerprint density at radius 1 is 0.800 bits per heavy atom. The molecule has 30 heavy (non-hydrogen) atoms. The Morgan fingerprint density at radius 2 is 1.43 bits per heavy atom. The third-order valence-electron chi connectivity index (χ3n) is 4.51. The third kappa shape index (κ3) is 6.59. The first-order valence-electron chi connectivity index (χ1n) is 10.0. The monoisotopic (exact) mass is 411 g/mol. The van der Waals surface area contributed by atoms with Gasteiger partial charge in [0.25, 0.3) is 0 Å². The second kappa shape index (κ2) is 12.0. The van der Waals surface area contributed by atoms with E-state index in [9.17, 15) is 0 Å². The number of hydrogen-bond acceptors (Lipinski definition) is 6. The Labute approximate surface area is 177 Å². The maximum atomic E-state index is 5.72. The molecule has 0 spiro atoms. The van der Waals surface area contributed by atoms with Gasteiger partial charge in [0.05, 0.1) is 44.4 Å². The lowest BCUT2D eigenvalue weighted by Gasteiger charge is -2.08. The summed E-state index contributed by atoms with van der Waals surface area (Å²) in [6.07, 6.45) is 0. The van der Waals surface area contributed by atoms with Crippen molar-refractivity contribution in [1.82, 2.24) is 10.2 Å². The van der Waals surface area contributed by atoms with Crippen LogP contribution in [0.4, 0.5) is 5.69 Å².